The zero-order valence-electron chi connectivity index (χ0n) is 15.5. The van der Waals surface area contributed by atoms with Crippen LogP contribution in [0.25, 0.3) is 0 Å². The van der Waals surface area contributed by atoms with Gasteiger partial charge in [0, 0.05) is 18.1 Å². The average molecular weight is 358 g/mol. The minimum Gasteiger partial charge on any atom is -0.481 e. The molecule has 0 saturated heterocycles. The number of carbonyl (C=O) groups excluding carboxylic acids is 1. The summed E-state index contributed by atoms with van der Waals surface area (Å²) in [5, 5.41) is 2.95. The van der Waals surface area contributed by atoms with E-state index in [1.165, 1.54) is 11.1 Å². The van der Waals surface area contributed by atoms with Gasteiger partial charge in [0.05, 0.1) is 0 Å². The van der Waals surface area contributed by atoms with Crippen LogP contribution in [0, 0.1) is 20.8 Å². The molecule has 1 atom stereocenters. The van der Waals surface area contributed by atoms with Crippen LogP contribution in [-0.2, 0) is 10.5 Å². The second-order valence-corrected chi connectivity index (χ2v) is 7.33. The van der Waals surface area contributed by atoms with Crippen LogP contribution in [0.4, 0.5) is 0 Å². The number of hydrogen-bond donors (Lipinski definition) is 1. The molecule has 0 aromatic heterocycles. The Morgan fingerprint density at radius 1 is 1.08 bits per heavy atom. The summed E-state index contributed by atoms with van der Waals surface area (Å²) in [6.07, 6.45) is -0.498. The summed E-state index contributed by atoms with van der Waals surface area (Å²) in [5.74, 6) is 2.56. The Kier molecular flexibility index (Phi) is 7.38. The highest BCUT2D eigenvalue weighted by atomic mass is 32.2. The van der Waals surface area contributed by atoms with Crippen LogP contribution >= 0.6 is 11.8 Å². The molecule has 0 fully saturated rings. The lowest BCUT2D eigenvalue weighted by Gasteiger charge is -2.17. The van der Waals surface area contributed by atoms with Crippen LogP contribution in [0.2, 0.25) is 0 Å². The van der Waals surface area contributed by atoms with Crippen molar-refractivity contribution in [3.8, 4) is 5.75 Å². The van der Waals surface area contributed by atoms with E-state index < -0.39 is 6.10 Å². The highest BCUT2D eigenvalue weighted by molar-refractivity contribution is 7.98. The van der Waals surface area contributed by atoms with Gasteiger partial charge in [0.2, 0.25) is 0 Å². The van der Waals surface area contributed by atoms with E-state index in [0.29, 0.717) is 6.54 Å². The van der Waals surface area contributed by atoms with Crippen molar-refractivity contribution in [2.45, 2.75) is 39.6 Å². The molecule has 0 heterocycles. The first kappa shape index (κ1) is 19.4. The molecule has 0 aliphatic rings. The van der Waals surface area contributed by atoms with E-state index in [9.17, 15) is 4.79 Å². The quantitative estimate of drug-likeness (QED) is 0.710. The van der Waals surface area contributed by atoms with Crippen LogP contribution in [0.1, 0.15) is 29.2 Å². The van der Waals surface area contributed by atoms with E-state index in [1.807, 2.05) is 43.8 Å². The minimum atomic E-state index is -0.498. The Morgan fingerprint density at radius 2 is 1.80 bits per heavy atom. The fraction of sp³-hybridized carbons (Fsp3) is 0.381. The number of nitrogens with one attached hydrogen (secondary N) is 1. The number of thioether (sulfide) groups is 1. The Bertz CT molecular complexity index is 715. The van der Waals surface area contributed by atoms with Gasteiger partial charge < -0.3 is 10.1 Å². The smallest absolute Gasteiger partial charge is 0.260 e. The number of amides is 1. The predicted octanol–water partition coefficient (Wildman–Crippen LogP) is 4.43. The molecular formula is C21H27NO2S. The maximum absolute atomic E-state index is 12.2. The third-order valence-electron chi connectivity index (χ3n) is 4.29. The van der Waals surface area contributed by atoms with Gasteiger partial charge in [0.25, 0.3) is 5.91 Å². The van der Waals surface area contributed by atoms with Crippen LogP contribution in [-0.4, -0.2) is 24.3 Å². The zero-order chi connectivity index (χ0) is 18.2. The lowest BCUT2D eigenvalue weighted by molar-refractivity contribution is -0.127. The predicted molar refractivity (Wildman–Crippen MR) is 106 cm³/mol. The standard InChI is InChI=1S/C21H27NO2S/c1-15-9-7-11-20(17(15)3)24-18(4)21(23)22-12-13-25-14-19-10-6-5-8-16(19)2/h5-11,18H,12-14H2,1-4H3,(H,22,23)/t18-/m1/s1. The molecule has 0 saturated carbocycles. The van der Waals surface area contributed by atoms with Gasteiger partial charge in [0.15, 0.2) is 6.10 Å². The molecule has 0 bridgehead atoms. The first-order valence-corrected chi connectivity index (χ1v) is 9.77. The van der Waals surface area contributed by atoms with Gasteiger partial charge in [-0.05, 0) is 56.0 Å². The van der Waals surface area contributed by atoms with Gasteiger partial charge in [-0.3, -0.25) is 4.79 Å². The second kappa shape index (κ2) is 9.52. The number of rotatable bonds is 8. The number of ether oxygens (including phenoxy) is 1. The molecule has 2 aromatic rings. The molecule has 1 amide bonds. The van der Waals surface area contributed by atoms with Crippen LogP contribution in [0.5, 0.6) is 5.75 Å². The molecular weight excluding hydrogens is 330 g/mol. The van der Waals surface area contributed by atoms with Gasteiger partial charge in [-0.15, -0.1) is 0 Å². The molecule has 134 valence electrons. The number of hydrogen-bond acceptors (Lipinski definition) is 3. The highest BCUT2D eigenvalue weighted by Crippen LogP contribution is 2.21. The molecule has 0 unspecified atom stereocenters. The van der Waals surface area contributed by atoms with Gasteiger partial charge in [-0.1, -0.05) is 36.4 Å². The normalized spacial score (nSPS) is 11.8. The number of benzene rings is 2. The molecule has 1 N–H and O–H groups in total. The largest absolute Gasteiger partial charge is 0.481 e. The van der Waals surface area contributed by atoms with Crippen LogP contribution in [0.15, 0.2) is 42.5 Å². The molecule has 0 radical (unpaired) electrons. The molecule has 2 aromatic carbocycles. The summed E-state index contributed by atoms with van der Waals surface area (Å²) in [5.41, 5.74) is 4.91. The first-order chi connectivity index (χ1) is 12.0. The van der Waals surface area contributed by atoms with Gasteiger partial charge in [-0.2, -0.15) is 11.8 Å². The SMILES string of the molecule is Cc1ccccc1CSCCNC(=O)[C@@H](C)Oc1cccc(C)c1C. The number of carbonyl (C=O) groups is 1. The van der Waals surface area contributed by atoms with E-state index in [1.54, 1.807) is 6.92 Å². The number of aryl methyl sites for hydroxylation is 2. The summed E-state index contributed by atoms with van der Waals surface area (Å²) < 4.78 is 5.81. The summed E-state index contributed by atoms with van der Waals surface area (Å²) >= 11 is 1.83. The topological polar surface area (TPSA) is 38.3 Å². The summed E-state index contributed by atoms with van der Waals surface area (Å²) in [6, 6.07) is 14.3. The zero-order valence-corrected chi connectivity index (χ0v) is 16.3. The Hall–Kier alpha value is -1.94. The van der Waals surface area contributed by atoms with E-state index in [4.69, 9.17) is 4.74 Å². The van der Waals surface area contributed by atoms with Gasteiger partial charge in [-0.25, -0.2) is 0 Å². The highest BCUT2D eigenvalue weighted by Gasteiger charge is 2.15. The average Bonchev–Trinajstić information content (AvgIpc) is 2.60. The molecule has 3 nitrogen and oxygen atoms in total. The van der Waals surface area contributed by atoms with Crippen molar-refractivity contribution >= 4 is 17.7 Å². The maximum Gasteiger partial charge on any atom is 0.260 e. The van der Waals surface area contributed by atoms with E-state index in [-0.39, 0.29) is 5.91 Å². The van der Waals surface area contributed by atoms with Crippen molar-refractivity contribution in [2.75, 3.05) is 12.3 Å². The lowest BCUT2D eigenvalue weighted by atomic mass is 10.1. The first-order valence-electron chi connectivity index (χ1n) is 8.62. The fourth-order valence-electron chi connectivity index (χ4n) is 2.44. The maximum atomic E-state index is 12.2. The van der Waals surface area contributed by atoms with Gasteiger partial charge in [0.1, 0.15) is 5.75 Å². The molecule has 4 heteroatoms. The summed E-state index contributed by atoms with van der Waals surface area (Å²) in [4.78, 5) is 12.2. The van der Waals surface area contributed by atoms with E-state index in [2.05, 4.69) is 36.5 Å². The fourth-order valence-corrected chi connectivity index (χ4v) is 3.37. The van der Waals surface area contributed by atoms with Crippen molar-refractivity contribution in [1.29, 1.82) is 0 Å². The molecule has 0 aliphatic heterocycles. The van der Waals surface area contributed by atoms with E-state index >= 15 is 0 Å². The summed E-state index contributed by atoms with van der Waals surface area (Å²) in [6.45, 7) is 8.62. The van der Waals surface area contributed by atoms with Gasteiger partial charge >= 0.3 is 0 Å². The molecule has 0 spiro atoms. The lowest BCUT2D eigenvalue weighted by Crippen LogP contribution is -2.37. The Labute approximate surface area is 155 Å². The van der Waals surface area contributed by atoms with Crippen molar-refractivity contribution in [3.63, 3.8) is 0 Å². The third kappa shape index (κ3) is 5.82. The second-order valence-electron chi connectivity index (χ2n) is 6.23. The molecule has 25 heavy (non-hydrogen) atoms. The molecule has 0 aliphatic carbocycles. The van der Waals surface area contributed by atoms with Crippen molar-refractivity contribution in [3.05, 3.63) is 64.7 Å². The Balaban J connectivity index is 1.71. The van der Waals surface area contributed by atoms with Crippen LogP contribution in [0.3, 0.4) is 0 Å². The minimum absolute atomic E-state index is 0.0719. The summed E-state index contributed by atoms with van der Waals surface area (Å²) in [7, 11) is 0. The van der Waals surface area contributed by atoms with Crippen molar-refractivity contribution in [1.82, 2.24) is 5.32 Å². The molecule has 2 rings (SSSR count). The van der Waals surface area contributed by atoms with Crippen LogP contribution < -0.4 is 10.1 Å². The Morgan fingerprint density at radius 3 is 2.56 bits per heavy atom. The third-order valence-corrected chi connectivity index (χ3v) is 5.30. The van der Waals surface area contributed by atoms with Crippen molar-refractivity contribution in [2.24, 2.45) is 0 Å². The van der Waals surface area contributed by atoms with E-state index in [0.717, 1.165) is 28.4 Å². The monoisotopic (exact) mass is 357 g/mol. The van der Waals surface area contributed by atoms with Crippen molar-refractivity contribution < 1.29 is 9.53 Å².